The maximum Gasteiger partial charge on any atom is 0.316 e. The third kappa shape index (κ3) is 2.79. The van der Waals surface area contributed by atoms with Gasteiger partial charge in [-0.1, -0.05) is 42.4 Å². The first kappa shape index (κ1) is 16.2. The molecular formula is C18H20N2O4. The first-order valence-corrected chi connectivity index (χ1v) is 8.10. The number of likely N-dealkylation sites (tertiary alicyclic amines) is 1. The van der Waals surface area contributed by atoms with Crippen molar-refractivity contribution in [2.45, 2.75) is 31.6 Å². The highest BCUT2D eigenvalue weighted by atomic mass is 16.5. The van der Waals surface area contributed by atoms with Gasteiger partial charge in [0.25, 0.3) is 5.91 Å². The largest absolute Gasteiger partial charge is 0.481 e. The van der Waals surface area contributed by atoms with Gasteiger partial charge < -0.3 is 14.5 Å². The predicted octanol–water partition coefficient (Wildman–Crippen LogP) is 2.50. The van der Waals surface area contributed by atoms with E-state index in [1.54, 1.807) is 23.1 Å². The van der Waals surface area contributed by atoms with E-state index in [0.29, 0.717) is 18.7 Å². The Bertz CT molecular complexity index is 740. The number of carboxylic acids is 1. The van der Waals surface area contributed by atoms with Gasteiger partial charge in [0.15, 0.2) is 5.69 Å². The van der Waals surface area contributed by atoms with Crippen LogP contribution in [0.25, 0.3) is 0 Å². The Morgan fingerprint density at radius 2 is 2.08 bits per heavy atom. The summed E-state index contributed by atoms with van der Waals surface area (Å²) in [6.45, 7) is 2.54. The van der Waals surface area contributed by atoms with Crippen LogP contribution in [0.15, 0.2) is 40.9 Å². The summed E-state index contributed by atoms with van der Waals surface area (Å²) in [4.78, 5) is 26.1. The quantitative estimate of drug-likeness (QED) is 0.911. The molecule has 1 N–H and O–H groups in total. The Morgan fingerprint density at radius 3 is 2.75 bits per heavy atom. The Labute approximate surface area is 140 Å². The second-order valence-corrected chi connectivity index (χ2v) is 6.16. The maximum absolute atomic E-state index is 12.6. The second kappa shape index (κ2) is 6.47. The molecule has 0 aliphatic carbocycles. The van der Waals surface area contributed by atoms with Gasteiger partial charge in [-0.3, -0.25) is 9.59 Å². The molecule has 3 rings (SSSR count). The van der Waals surface area contributed by atoms with Gasteiger partial charge in [-0.25, -0.2) is 0 Å². The zero-order chi connectivity index (χ0) is 17.2. The van der Waals surface area contributed by atoms with Crippen LogP contribution in [-0.2, 0) is 16.6 Å². The van der Waals surface area contributed by atoms with Crippen LogP contribution in [0.5, 0.6) is 0 Å². The highest BCUT2D eigenvalue weighted by Gasteiger charge is 2.48. The van der Waals surface area contributed by atoms with Crippen LogP contribution >= 0.6 is 0 Å². The fourth-order valence-corrected chi connectivity index (χ4v) is 3.21. The van der Waals surface area contributed by atoms with Crippen LogP contribution in [-0.4, -0.2) is 40.1 Å². The van der Waals surface area contributed by atoms with E-state index in [4.69, 9.17) is 4.52 Å². The van der Waals surface area contributed by atoms with E-state index in [9.17, 15) is 14.7 Å². The van der Waals surface area contributed by atoms with E-state index < -0.39 is 11.4 Å². The molecule has 126 valence electrons. The zero-order valence-corrected chi connectivity index (χ0v) is 13.6. The molecule has 1 aromatic heterocycles. The van der Waals surface area contributed by atoms with E-state index in [1.807, 2.05) is 25.1 Å². The van der Waals surface area contributed by atoms with Crippen molar-refractivity contribution in [3.63, 3.8) is 0 Å². The number of hydrogen-bond donors (Lipinski definition) is 1. The van der Waals surface area contributed by atoms with Crippen molar-refractivity contribution in [3.05, 3.63) is 53.4 Å². The number of aliphatic carboxylic acids is 1. The fourth-order valence-electron chi connectivity index (χ4n) is 3.21. The number of carboxylic acid groups (broad SMARTS) is 1. The van der Waals surface area contributed by atoms with Crippen molar-refractivity contribution < 1.29 is 19.2 Å². The molecule has 0 spiro atoms. The Kier molecular flexibility index (Phi) is 4.38. The van der Waals surface area contributed by atoms with Gasteiger partial charge in [0.1, 0.15) is 11.2 Å². The topological polar surface area (TPSA) is 83.6 Å². The van der Waals surface area contributed by atoms with Gasteiger partial charge in [0, 0.05) is 25.6 Å². The van der Waals surface area contributed by atoms with E-state index in [2.05, 4.69) is 5.16 Å². The van der Waals surface area contributed by atoms with E-state index in [0.717, 1.165) is 18.4 Å². The van der Waals surface area contributed by atoms with Gasteiger partial charge in [-0.05, 0) is 18.4 Å². The highest BCUT2D eigenvalue weighted by molar-refractivity contribution is 5.94. The molecular weight excluding hydrogens is 308 g/mol. The van der Waals surface area contributed by atoms with Crippen molar-refractivity contribution >= 4 is 11.9 Å². The number of rotatable bonds is 5. The fraction of sp³-hybridized carbons (Fsp3) is 0.389. The summed E-state index contributed by atoms with van der Waals surface area (Å²) >= 11 is 0. The lowest BCUT2D eigenvalue weighted by molar-refractivity contribution is -0.143. The summed E-state index contributed by atoms with van der Waals surface area (Å²) in [5.74, 6) is -0.511. The third-order valence-corrected chi connectivity index (χ3v) is 4.57. The van der Waals surface area contributed by atoms with Gasteiger partial charge in [-0.15, -0.1) is 0 Å². The smallest absolute Gasteiger partial charge is 0.316 e. The first-order chi connectivity index (χ1) is 11.6. The first-order valence-electron chi connectivity index (χ1n) is 8.10. The van der Waals surface area contributed by atoms with Crippen molar-refractivity contribution in [3.8, 4) is 0 Å². The molecule has 0 radical (unpaired) electrons. The number of amides is 1. The lowest BCUT2D eigenvalue weighted by Crippen LogP contribution is -2.40. The standard InChI is InChI=1S/C18H20N2O4/c1-2-6-14-11-15(19-24-14)16(21)20-10-9-18(12-20,17(22)23)13-7-4-3-5-8-13/h3-5,7-8,11H,2,6,9-10,12H2,1H3,(H,22,23)/t18-/m1/s1. The maximum atomic E-state index is 12.6. The number of carbonyl (C=O) groups is 2. The summed E-state index contributed by atoms with van der Waals surface area (Å²) in [6.07, 6.45) is 2.02. The number of nitrogens with zero attached hydrogens (tertiary/aromatic N) is 2. The van der Waals surface area contributed by atoms with Crippen LogP contribution in [0.4, 0.5) is 0 Å². The normalized spacial score (nSPS) is 20.3. The molecule has 1 aromatic carbocycles. The molecule has 0 saturated carbocycles. The second-order valence-electron chi connectivity index (χ2n) is 6.16. The summed E-state index contributed by atoms with van der Waals surface area (Å²) < 4.78 is 5.16. The number of aryl methyl sites for hydroxylation is 1. The molecule has 1 aliphatic heterocycles. The molecule has 1 amide bonds. The Balaban J connectivity index is 1.82. The van der Waals surface area contributed by atoms with Crippen LogP contribution in [0, 0.1) is 0 Å². The van der Waals surface area contributed by atoms with E-state index in [-0.39, 0.29) is 18.1 Å². The van der Waals surface area contributed by atoms with Gasteiger partial charge in [0.05, 0.1) is 0 Å². The Hall–Kier alpha value is -2.63. The SMILES string of the molecule is CCCc1cc(C(=O)N2CC[C@](C(=O)O)(c3ccccc3)C2)no1. The lowest BCUT2D eigenvalue weighted by atomic mass is 9.80. The number of aromatic nitrogens is 1. The Morgan fingerprint density at radius 1 is 1.33 bits per heavy atom. The molecule has 2 heterocycles. The van der Waals surface area contributed by atoms with Crippen LogP contribution in [0.2, 0.25) is 0 Å². The number of carbonyl (C=O) groups excluding carboxylic acids is 1. The molecule has 2 aromatic rings. The molecule has 1 atom stereocenters. The minimum Gasteiger partial charge on any atom is -0.481 e. The summed E-state index contributed by atoms with van der Waals surface area (Å²) in [7, 11) is 0. The lowest BCUT2D eigenvalue weighted by Gasteiger charge is -2.25. The molecule has 6 nitrogen and oxygen atoms in total. The van der Waals surface area contributed by atoms with Crippen molar-refractivity contribution in [1.29, 1.82) is 0 Å². The van der Waals surface area contributed by atoms with E-state index in [1.165, 1.54) is 0 Å². The van der Waals surface area contributed by atoms with Crippen LogP contribution in [0.3, 0.4) is 0 Å². The minimum atomic E-state index is -1.06. The van der Waals surface area contributed by atoms with Gasteiger partial charge >= 0.3 is 5.97 Å². The monoisotopic (exact) mass is 328 g/mol. The van der Waals surface area contributed by atoms with Crippen LogP contribution in [0.1, 0.15) is 41.6 Å². The van der Waals surface area contributed by atoms with Gasteiger partial charge in [-0.2, -0.15) is 0 Å². The molecule has 1 fully saturated rings. The van der Waals surface area contributed by atoms with Crippen molar-refractivity contribution in [2.75, 3.05) is 13.1 Å². The average Bonchev–Trinajstić information content (AvgIpc) is 3.23. The van der Waals surface area contributed by atoms with E-state index >= 15 is 0 Å². The predicted molar refractivity (Wildman–Crippen MR) is 86.8 cm³/mol. The third-order valence-electron chi connectivity index (χ3n) is 4.57. The van der Waals surface area contributed by atoms with Crippen molar-refractivity contribution in [1.82, 2.24) is 10.1 Å². The molecule has 6 heteroatoms. The molecule has 0 unspecified atom stereocenters. The molecule has 0 bridgehead atoms. The molecule has 1 saturated heterocycles. The number of benzene rings is 1. The van der Waals surface area contributed by atoms with Gasteiger partial charge in [0.2, 0.25) is 0 Å². The molecule has 1 aliphatic rings. The van der Waals surface area contributed by atoms with Crippen molar-refractivity contribution in [2.24, 2.45) is 0 Å². The average molecular weight is 328 g/mol. The summed E-state index contributed by atoms with van der Waals surface area (Å²) in [5, 5.41) is 13.6. The highest BCUT2D eigenvalue weighted by Crippen LogP contribution is 2.35. The summed E-state index contributed by atoms with van der Waals surface area (Å²) in [6, 6.07) is 10.7. The minimum absolute atomic E-state index is 0.140. The van der Waals surface area contributed by atoms with Crippen LogP contribution < -0.4 is 0 Å². The zero-order valence-electron chi connectivity index (χ0n) is 13.6. The molecule has 24 heavy (non-hydrogen) atoms. The summed E-state index contributed by atoms with van der Waals surface area (Å²) in [5.41, 5.74) is -0.0975. The number of hydrogen-bond acceptors (Lipinski definition) is 4.